The van der Waals surface area contributed by atoms with Crippen molar-refractivity contribution >= 4 is 5.91 Å². The normalized spacial score (nSPS) is 10.3. The maximum absolute atomic E-state index is 12.8. The van der Waals surface area contributed by atoms with Gasteiger partial charge in [-0.2, -0.15) is 0 Å². The van der Waals surface area contributed by atoms with Gasteiger partial charge in [-0.25, -0.2) is 4.39 Å². The van der Waals surface area contributed by atoms with Gasteiger partial charge in [0.15, 0.2) is 6.61 Å². The SMILES string of the molecule is COc1ccc(CNC(=O)COc2ccc(F)cc2)c(C)c1C. The van der Waals surface area contributed by atoms with E-state index in [0.717, 1.165) is 22.4 Å². The van der Waals surface area contributed by atoms with E-state index in [1.807, 2.05) is 26.0 Å². The number of amides is 1. The van der Waals surface area contributed by atoms with Crippen LogP contribution in [0, 0.1) is 19.7 Å². The highest BCUT2D eigenvalue weighted by molar-refractivity contribution is 5.77. The Hall–Kier alpha value is -2.56. The number of nitrogens with one attached hydrogen (secondary N) is 1. The lowest BCUT2D eigenvalue weighted by Crippen LogP contribution is -2.28. The monoisotopic (exact) mass is 317 g/mol. The second-order valence-corrected chi connectivity index (χ2v) is 5.20. The summed E-state index contributed by atoms with van der Waals surface area (Å²) < 4.78 is 23.3. The predicted molar refractivity (Wildman–Crippen MR) is 86.2 cm³/mol. The Bertz CT molecular complexity index is 683. The first-order valence-corrected chi connectivity index (χ1v) is 7.29. The number of carbonyl (C=O) groups is 1. The molecule has 1 N–H and O–H groups in total. The minimum atomic E-state index is -0.341. The molecule has 0 unspecified atom stereocenters. The number of carbonyl (C=O) groups excluding carboxylic acids is 1. The van der Waals surface area contributed by atoms with Crippen molar-refractivity contribution < 1.29 is 18.7 Å². The summed E-state index contributed by atoms with van der Waals surface area (Å²) in [7, 11) is 1.63. The van der Waals surface area contributed by atoms with E-state index in [1.165, 1.54) is 24.3 Å². The molecule has 2 aromatic rings. The lowest BCUT2D eigenvalue weighted by Gasteiger charge is -2.13. The molecule has 0 aromatic heterocycles. The molecule has 122 valence electrons. The van der Waals surface area contributed by atoms with Gasteiger partial charge in [0.25, 0.3) is 5.91 Å². The molecule has 0 fully saturated rings. The van der Waals surface area contributed by atoms with Crippen molar-refractivity contribution in [1.82, 2.24) is 5.32 Å². The number of rotatable bonds is 6. The van der Waals surface area contributed by atoms with Crippen molar-refractivity contribution in [3.05, 3.63) is 58.9 Å². The lowest BCUT2D eigenvalue weighted by molar-refractivity contribution is -0.123. The Morgan fingerprint density at radius 3 is 2.43 bits per heavy atom. The zero-order valence-corrected chi connectivity index (χ0v) is 13.5. The Morgan fingerprint density at radius 1 is 1.09 bits per heavy atom. The van der Waals surface area contributed by atoms with Crippen LogP contribution < -0.4 is 14.8 Å². The molecule has 0 bridgehead atoms. The van der Waals surface area contributed by atoms with Gasteiger partial charge in [-0.1, -0.05) is 6.07 Å². The van der Waals surface area contributed by atoms with Crippen LogP contribution in [0.1, 0.15) is 16.7 Å². The van der Waals surface area contributed by atoms with Gasteiger partial charge in [-0.05, 0) is 60.9 Å². The molecule has 0 saturated heterocycles. The van der Waals surface area contributed by atoms with Crippen molar-refractivity contribution in [2.75, 3.05) is 13.7 Å². The van der Waals surface area contributed by atoms with Crippen molar-refractivity contribution in [3.63, 3.8) is 0 Å². The number of ether oxygens (including phenoxy) is 2. The van der Waals surface area contributed by atoms with Crippen LogP contribution in [0.25, 0.3) is 0 Å². The van der Waals surface area contributed by atoms with E-state index in [0.29, 0.717) is 12.3 Å². The zero-order chi connectivity index (χ0) is 16.8. The van der Waals surface area contributed by atoms with Gasteiger partial charge < -0.3 is 14.8 Å². The Morgan fingerprint density at radius 2 is 1.78 bits per heavy atom. The summed E-state index contributed by atoms with van der Waals surface area (Å²) in [5.41, 5.74) is 3.17. The Balaban J connectivity index is 1.87. The third-order valence-electron chi connectivity index (χ3n) is 3.73. The Kier molecular flexibility index (Phi) is 5.57. The molecule has 2 aromatic carbocycles. The maximum Gasteiger partial charge on any atom is 0.258 e. The highest BCUT2D eigenvalue weighted by atomic mass is 19.1. The predicted octanol–water partition coefficient (Wildman–Crippen LogP) is 3.15. The number of methoxy groups -OCH3 is 1. The molecule has 0 radical (unpaired) electrons. The third kappa shape index (κ3) is 4.45. The van der Waals surface area contributed by atoms with Crippen LogP contribution in [-0.4, -0.2) is 19.6 Å². The zero-order valence-electron chi connectivity index (χ0n) is 13.5. The second-order valence-electron chi connectivity index (χ2n) is 5.20. The van der Waals surface area contributed by atoms with Crippen molar-refractivity contribution in [3.8, 4) is 11.5 Å². The quantitative estimate of drug-likeness (QED) is 0.890. The van der Waals surface area contributed by atoms with Crippen LogP contribution in [0.3, 0.4) is 0 Å². The summed E-state index contributed by atoms with van der Waals surface area (Å²) >= 11 is 0. The summed E-state index contributed by atoms with van der Waals surface area (Å²) in [5, 5.41) is 2.81. The summed E-state index contributed by atoms with van der Waals surface area (Å²) in [6.45, 7) is 4.29. The van der Waals surface area contributed by atoms with Crippen molar-refractivity contribution in [2.45, 2.75) is 20.4 Å². The minimum Gasteiger partial charge on any atom is -0.496 e. The van der Waals surface area contributed by atoms with Crippen LogP contribution in [-0.2, 0) is 11.3 Å². The fourth-order valence-electron chi connectivity index (χ4n) is 2.19. The first kappa shape index (κ1) is 16.8. The van der Waals surface area contributed by atoms with Crippen LogP contribution in [0.15, 0.2) is 36.4 Å². The smallest absolute Gasteiger partial charge is 0.258 e. The lowest BCUT2D eigenvalue weighted by atomic mass is 10.0. The van der Waals surface area contributed by atoms with E-state index in [2.05, 4.69) is 5.32 Å². The molecule has 2 rings (SSSR count). The van der Waals surface area contributed by atoms with Gasteiger partial charge in [0.05, 0.1) is 7.11 Å². The van der Waals surface area contributed by atoms with Crippen molar-refractivity contribution in [1.29, 1.82) is 0 Å². The van der Waals surface area contributed by atoms with Gasteiger partial charge in [0.2, 0.25) is 0 Å². The molecule has 0 aliphatic carbocycles. The van der Waals surface area contributed by atoms with Gasteiger partial charge >= 0.3 is 0 Å². The molecule has 0 spiro atoms. The highest BCUT2D eigenvalue weighted by Crippen LogP contribution is 2.23. The van der Waals surface area contributed by atoms with E-state index < -0.39 is 0 Å². The first-order chi connectivity index (χ1) is 11.0. The van der Waals surface area contributed by atoms with E-state index in [1.54, 1.807) is 7.11 Å². The van der Waals surface area contributed by atoms with E-state index in [4.69, 9.17) is 9.47 Å². The molecule has 0 saturated carbocycles. The number of hydrogen-bond donors (Lipinski definition) is 1. The highest BCUT2D eigenvalue weighted by Gasteiger charge is 2.08. The molecule has 0 aliphatic rings. The number of benzene rings is 2. The fraction of sp³-hybridized carbons (Fsp3) is 0.278. The van der Waals surface area contributed by atoms with Crippen LogP contribution in [0.4, 0.5) is 4.39 Å². The fourth-order valence-corrected chi connectivity index (χ4v) is 2.19. The van der Waals surface area contributed by atoms with E-state index in [9.17, 15) is 9.18 Å². The first-order valence-electron chi connectivity index (χ1n) is 7.29. The van der Waals surface area contributed by atoms with Crippen LogP contribution >= 0.6 is 0 Å². The van der Waals surface area contributed by atoms with Crippen molar-refractivity contribution in [2.24, 2.45) is 0 Å². The summed E-state index contributed by atoms with van der Waals surface area (Å²) in [6.07, 6.45) is 0. The van der Waals surface area contributed by atoms with Gasteiger partial charge in [0, 0.05) is 6.54 Å². The molecule has 23 heavy (non-hydrogen) atoms. The molecule has 5 heteroatoms. The Labute approximate surface area is 135 Å². The molecular formula is C18H20FNO3. The van der Waals surface area contributed by atoms with E-state index >= 15 is 0 Å². The molecule has 4 nitrogen and oxygen atoms in total. The summed E-state index contributed by atoms with van der Waals surface area (Å²) in [4.78, 5) is 11.8. The third-order valence-corrected chi connectivity index (χ3v) is 3.73. The minimum absolute atomic E-state index is 0.111. The molecule has 0 atom stereocenters. The average molecular weight is 317 g/mol. The summed E-state index contributed by atoms with van der Waals surface area (Å²) in [6, 6.07) is 9.37. The average Bonchev–Trinajstić information content (AvgIpc) is 2.55. The molecule has 0 heterocycles. The molecule has 0 aliphatic heterocycles. The van der Waals surface area contributed by atoms with E-state index in [-0.39, 0.29) is 18.3 Å². The van der Waals surface area contributed by atoms with Crippen LogP contribution in [0.2, 0.25) is 0 Å². The van der Waals surface area contributed by atoms with Gasteiger partial charge in [0.1, 0.15) is 17.3 Å². The molecule has 1 amide bonds. The van der Waals surface area contributed by atoms with Gasteiger partial charge in [-0.15, -0.1) is 0 Å². The largest absolute Gasteiger partial charge is 0.496 e. The summed E-state index contributed by atoms with van der Waals surface area (Å²) in [5.74, 6) is 0.713. The number of halogens is 1. The maximum atomic E-state index is 12.8. The van der Waals surface area contributed by atoms with Gasteiger partial charge in [-0.3, -0.25) is 4.79 Å². The molecular weight excluding hydrogens is 297 g/mol. The van der Waals surface area contributed by atoms with Crippen LogP contribution in [0.5, 0.6) is 11.5 Å². The second kappa shape index (κ2) is 7.63. The topological polar surface area (TPSA) is 47.6 Å². The standard InChI is InChI=1S/C18H20FNO3/c1-12-13(2)17(22-3)9-4-14(12)10-20-18(21)11-23-16-7-5-15(19)6-8-16/h4-9H,10-11H2,1-3H3,(H,20,21). The number of hydrogen-bond acceptors (Lipinski definition) is 3.